The summed E-state index contributed by atoms with van der Waals surface area (Å²) in [5.41, 5.74) is -0.567. The van der Waals surface area contributed by atoms with Crippen molar-refractivity contribution < 1.29 is 45.4 Å². The molecular formula is C25H23NO10S2. The molecule has 1 aliphatic heterocycles. The molecule has 0 fully saturated rings. The number of nitrogens with one attached hydrogen (secondary N) is 1. The van der Waals surface area contributed by atoms with Gasteiger partial charge >= 0.3 is 5.97 Å². The number of hydrogen-bond donors (Lipinski definition) is 4. The van der Waals surface area contributed by atoms with Gasteiger partial charge in [-0.25, -0.2) is 4.79 Å². The molecule has 0 saturated carbocycles. The van der Waals surface area contributed by atoms with Crippen molar-refractivity contribution in [2.45, 2.75) is 31.6 Å². The van der Waals surface area contributed by atoms with Crippen LogP contribution in [0, 0.1) is 24.2 Å². The monoisotopic (exact) mass is 561 g/mol. The van der Waals surface area contributed by atoms with Crippen LogP contribution < -0.4 is 4.74 Å². The molecule has 2 aromatic carbocycles. The maximum atomic E-state index is 12.6. The number of ether oxygens (including phenoxy) is 1. The minimum atomic E-state index is -5.06. The highest BCUT2D eigenvalue weighted by Crippen LogP contribution is 2.52. The summed E-state index contributed by atoms with van der Waals surface area (Å²) in [6.07, 6.45) is 2.49. The molecule has 38 heavy (non-hydrogen) atoms. The number of allylic oxidation sites excluding steroid dienone is 3. The number of ketones is 1. The van der Waals surface area contributed by atoms with Gasteiger partial charge in [-0.1, -0.05) is 44.2 Å². The zero-order chi connectivity index (χ0) is 28.3. The molecule has 4 N–H and O–H groups in total. The molecule has 200 valence electrons. The van der Waals surface area contributed by atoms with Gasteiger partial charge in [0.05, 0.1) is 11.3 Å². The summed E-state index contributed by atoms with van der Waals surface area (Å²) in [4.78, 5) is 23.3. The number of carboxylic acid groups (broad SMARTS) is 1. The van der Waals surface area contributed by atoms with Crippen LogP contribution in [0.25, 0.3) is 0 Å². The summed E-state index contributed by atoms with van der Waals surface area (Å²) in [6, 6.07) is 6.82. The van der Waals surface area contributed by atoms with Crippen molar-refractivity contribution >= 4 is 37.7 Å². The summed E-state index contributed by atoms with van der Waals surface area (Å²) < 4.78 is 74.8. The second-order valence-corrected chi connectivity index (χ2v) is 12.0. The summed E-state index contributed by atoms with van der Waals surface area (Å²) >= 11 is 0. The fourth-order valence-electron chi connectivity index (χ4n) is 4.80. The first-order valence-corrected chi connectivity index (χ1v) is 14.1. The number of hydrogen-bond acceptors (Lipinski definition) is 8. The first-order chi connectivity index (χ1) is 17.5. The molecule has 2 aliphatic rings. The average Bonchev–Trinajstić information content (AvgIpc) is 2.79. The lowest BCUT2D eigenvalue weighted by atomic mass is 9.74. The van der Waals surface area contributed by atoms with Gasteiger partial charge in [0.2, 0.25) is 0 Å². The number of carboxylic acids is 1. The first-order valence-electron chi connectivity index (χ1n) is 11.2. The minimum absolute atomic E-state index is 0.0511. The van der Waals surface area contributed by atoms with Crippen molar-refractivity contribution in [1.29, 1.82) is 5.41 Å². The number of carbonyl (C=O) groups is 2. The molecule has 2 atom stereocenters. The molecule has 0 radical (unpaired) electrons. The number of rotatable bonds is 6. The number of benzene rings is 2. The quantitative estimate of drug-likeness (QED) is 0.299. The fourth-order valence-corrected chi connectivity index (χ4v) is 6.45. The van der Waals surface area contributed by atoms with E-state index in [2.05, 4.69) is 0 Å². The van der Waals surface area contributed by atoms with Gasteiger partial charge in [0.25, 0.3) is 20.2 Å². The Morgan fingerprint density at radius 3 is 2.18 bits per heavy atom. The molecule has 13 heteroatoms. The van der Waals surface area contributed by atoms with E-state index >= 15 is 0 Å². The molecule has 0 spiro atoms. The van der Waals surface area contributed by atoms with Crippen molar-refractivity contribution in [2.24, 2.45) is 11.8 Å². The van der Waals surface area contributed by atoms with E-state index in [0.717, 1.165) is 6.08 Å². The van der Waals surface area contributed by atoms with E-state index < -0.39 is 71.0 Å². The van der Waals surface area contributed by atoms with Gasteiger partial charge in [0.15, 0.2) is 16.4 Å². The van der Waals surface area contributed by atoms with Crippen molar-refractivity contribution in [3.8, 4) is 5.75 Å². The number of aromatic carboxylic acids is 1. The Bertz CT molecular complexity index is 1700. The molecule has 1 heterocycles. The van der Waals surface area contributed by atoms with E-state index in [1.54, 1.807) is 13.8 Å². The Hall–Kier alpha value is -3.65. The van der Waals surface area contributed by atoms with E-state index in [-0.39, 0.29) is 33.6 Å². The molecule has 4 rings (SSSR count). The third kappa shape index (κ3) is 4.58. The standard InChI is InChI=1S/C25H23NO10S2/c1-11(2)20(27)13-5-7-14(17(10-13)25(28)29)19-15-6-4-12(3)23(37(30,31)32)21(15)36-22-16(19)8-9-18(26)24(22)38(33,34)35/h4-11,16,19,26H,1-3H3,(H,28,29)(H,30,31,32)(H,33,34,35). The largest absolute Gasteiger partial charge is 0.478 e. The van der Waals surface area contributed by atoms with Crippen LogP contribution in [0.2, 0.25) is 0 Å². The molecule has 0 bridgehead atoms. The first kappa shape index (κ1) is 27.4. The molecule has 2 unspecified atom stereocenters. The number of fused-ring (bicyclic) bond motifs is 2. The maximum Gasteiger partial charge on any atom is 0.336 e. The highest BCUT2D eigenvalue weighted by molar-refractivity contribution is 7.91. The highest BCUT2D eigenvalue weighted by atomic mass is 32.2. The second-order valence-electron chi connectivity index (χ2n) is 9.28. The van der Waals surface area contributed by atoms with E-state index in [1.807, 2.05) is 0 Å². The predicted molar refractivity (Wildman–Crippen MR) is 135 cm³/mol. The number of carbonyl (C=O) groups excluding carboxylic acids is 1. The van der Waals surface area contributed by atoms with Gasteiger partial charge in [-0.15, -0.1) is 0 Å². The van der Waals surface area contributed by atoms with Gasteiger partial charge in [0.1, 0.15) is 10.7 Å². The van der Waals surface area contributed by atoms with Crippen molar-refractivity contribution in [3.63, 3.8) is 0 Å². The lowest BCUT2D eigenvalue weighted by Crippen LogP contribution is -2.32. The molecule has 0 amide bonds. The van der Waals surface area contributed by atoms with Gasteiger partial charge < -0.3 is 9.84 Å². The van der Waals surface area contributed by atoms with Crippen LogP contribution in [0.4, 0.5) is 0 Å². The van der Waals surface area contributed by atoms with Crippen LogP contribution in [0.1, 0.15) is 57.2 Å². The van der Waals surface area contributed by atoms with Crippen LogP contribution in [-0.4, -0.2) is 48.5 Å². The summed E-state index contributed by atoms with van der Waals surface area (Å²) in [5.74, 6) is -5.32. The molecule has 0 aromatic heterocycles. The Balaban J connectivity index is 2.14. The van der Waals surface area contributed by atoms with Crippen LogP contribution >= 0.6 is 0 Å². The van der Waals surface area contributed by atoms with Crippen LogP contribution in [0.3, 0.4) is 0 Å². The Morgan fingerprint density at radius 1 is 1.00 bits per heavy atom. The smallest absolute Gasteiger partial charge is 0.336 e. The summed E-state index contributed by atoms with van der Waals surface area (Å²) in [5, 5.41) is 18.1. The number of aryl methyl sites for hydroxylation is 1. The lowest BCUT2D eigenvalue weighted by molar-refractivity contribution is 0.0694. The van der Waals surface area contributed by atoms with E-state index in [1.165, 1.54) is 43.3 Å². The van der Waals surface area contributed by atoms with E-state index in [0.29, 0.717) is 0 Å². The fraction of sp³-hybridized carbons (Fsp3) is 0.240. The highest BCUT2D eigenvalue weighted by Gasteiger charge is 2.45. The Labute approximate surface area is 218 Å². The maximum absolute atomic E-state index is 12.6. The molecule has 1 aliphatic carbocycles. The Morgan fingerprint density at radius 2 is 1.63 bits per heavy atom. The van der Waals surface area contributed by atoms with Crippen molar-refractivity contribution in [1.82, 2.24) is 0 Å². The van der Waals surface area contributed by atoms with Gasteiger partial charge in [0, 0.05) is 28.9 Å². The zero-order valence-corrected chi connectivity index (χ0v) is 21.9. The third-order valence-electron chi connectivity index (χ3n) is 6.43. The summed E-state index contributed by atoms with van der Waals surface area (Å²) in [6.45, 7) is 4.67. The van der Waals surface area contributed by atoms with Gasteiger partial charge in [-0.3, -0.25) is 19.3 Å². The Kier molecular flexibility index (Phi) is 6.68. The lowest BCUT2D eigenvalue weighted by Gasteiger charge is -2.37. The molecule has 0 saturated heterocycles. The van der Waals surface area contributed by atoms with E-state index in [4.69, 9.17) is 10.1 Å². The van der Waals surface area contributed by atoms with Crippen LogP contribution in [0.15, 0.2) is 58.0 Å². The van der Waals surface area contributed by atoms with E-state index in [9.17, 15) is 40.6 Å². The van der Waals surface area contributed by atoms with Crippen LogP contribution in [-0.2, 0) is 20.2 Å². The topological polar surface area (TPSA) is 196 Å². The molecular weight excluding hydrogens is 538 g/mol. The zero-order valence-electron chi connectivity index (χ0n) is 20.3. The predicted octanol–water partition coefficient (Wildman–Crippen LogP) is 3.61. The minimum Gasteiger partial charge on any atom is -0.478 e. The average molecular weight is 562 g/mol. The van der Waals surface area contributed by atoms with Crippen molar-refractivity contribution in [3.05, 3.63) is 81.0 Å². The molecule has 2 aromatic rings. The SMILES string of the molecule is Cc1ccc2c(c1S(=O)(=O)O)OC1=C(S(=O)(=O)O)C(=N)C=CC1C2c1ccc(C(=O)C(C)C)cc1C(=O)O. The summed E-state index contributed by atoms with van der Waals surface area (Å²) in [7, 11) is -9.99. The second kappa shape index (κ2) is 9.27. The van der Waals surface area contributed by atoms with Crippen LogP contribution in [0.5, 0.6) is 5.75 Å². The molecule has 11 nitrogen and oxygen atoms in total. The normalized spacial score (nSPS) is 19.2. The number of Topliss-reactive ketones (excluding diaryl/α,β-unsaturated/α-hetero) is 1. The van der Waals surface area contributed by atoms with Gasteiger partial charge in [-0.05, 0) is 30.2 Å². The van der Waals surface area contributed by atoms with Crippen molar-refractivity contribution in [2.75, 3.05) is 0 Å². The van der Waals surface area contributed by atoms with Gasteiger partial charge in [-0.2, -0.15) is 16.8 Å². The third-order valence-corrected chi connectivity index (χ3v) is 8.39.